The lowest BCUT2D eigenvalue weighted by atomic mass is 9.96. The highest BCUT2D eigenvalue weighted by molar-refractivity contribution is 8.19. The Morgan fingerprint density at radius 3 is 1.89 bits per heavy atom. The number of hydrogen-bond acceptors (Lipinski definition) is 3. The van der Waals surface area contributed by atoms with Crippen LogP contribution >= 0.6 is 11.8 Å². The molecule has 1 aliphatic rings. The van der Waals surface area contributed by atoms with Crippen LogP contribution in [0.15, 0.2) is 113 Å². The van der Waals surface area contributed by atoms with Gasteiger partial charge in [-0.15, -0.1) is 0 Å². The number of amidine groups is 1. The van der Waals surface area contributed by atoms with Gasteiger partial charge in [0.1, 0.15) is 11.6 Å². The summed E-state index contributed by atoms with van der Waals surface area (Å²) < 4.78 is 27.1. The molecule has 0 saturated carbocycles. The molecule has 1 aliphatic heterocycles. The van der Waals surface area contributed by atoms with E-state index in [-0.39, 0.29) is 11.7 Å². The van der Waals surface area contributed by atoms with E-state index < -0.39 is 5.82 Å². The number of thioether (sulfide) groups is 1. The number of fused-ring (bicyclic) bond motifs is 2. The van der Waals surface area contributed by atoms with Gasteiger partial charge in [0.2, 0.25) is 0 Å². The van der Waals surface area contributed by atoms with Crippen molar-refractivity contribution in [3.63, 3.8) is 0 Å². The van der Waals surface area contributed by atoms with Gasteiger partial charge in [0.05, 0.1) is 16.3 Å². The predicted molar refractivity (Wildman–Crippen MR) is 144 cm³/mol. The standard InChI is InChI=1S/C30H18F2N2OS/c31-21-9-13-23(14-10-21)33-30-34(24-15-11-22(32)12-16-24)29(35)28(36-30)18-27-25-7-3-1-5-19(25)17-20-6-2-4-8-26(20)27/h1-18H/b28-18-,33-30?. The van der Waals surface area contributed by atoms with Gasteiger partial charge in [-0.2, -0.15) is 0 Å². The topological polar surface area (TPSA) is 32.7 Å². The molecule has 5 aromatic rings. The second kappa shape index (κ2) is 9.06. The van der Waals surface area contributed by atoms with Gasteiger partial charge in [-0.1, -0.05) is 48.5 Å². The van der Waals surface area contributed by atoms with Crippen LogP contribution in [0.3, 0.4) is 0 Å². The molecule has 0 radical (unpaired) electrons. The second-order valence-corrected chi connectivity index (χ2v) is 9.34. The molecule has 5 aromatic carbocycles. The minimum atomic E-state index is -0.395. The number of carbonyl (C=O) groups excluding carboxylic acids is 1. The average molecular weight is 493 g/mol. The van der Waals surface area contributed by atoms with E-state index in [2.05, 4.69) is 23.2 Å². The molecule has 0 aliphatic carbocycles. The third-order valence-corrected chi connectivity index (χ3v) is 7.00. The van der Waals surface area contributed by atoms with Crippen LogP contribution in [0.2, 0.25) is 0 Å². The Morgan fingerprint density at radius 2 is 1.28 bits per heavy atom. The summed E-state index contributed by atoms with van der Waals surface area (Å²) in [6.07, 6.45) is 1.90. The summed E-state index contributed by atoms with van der Waals surface area (Å²) in [5.74, 6) is -1.02. The highest BCUT2D eigenvalue weighted by Gasteiger charge is 2.35. The third-order valence-electron chi connectivity index (χ3n) is 6.03. The van der Waals surface area contributed by atoms with Gasteiger partial charge >= 0.3 is 0 Å². The van der Waals surface area contributed by atoms with Crippen molar-refractivity contribution in [3.05, 3.63) is 125 Å². The van der Waals surface area contributed by atoms with Gasteiger partial charge in [-0.25, -0.2) is 13.8 Å². The van der Waals surface area contributed by atoms with Crippen LogP contribution in [0.5, 0.6) is 0 Å². The normalized spacial score (nSPS) is 16.1. The zero-order chi connectivity index (χ0) is 24.6. The van der Waals surface area contributed by atoms with E-state index >= 15 is 0 Å². The molecule has 0 unspecified atom stereocenters. The van der Waals surface area contributed by atoms with E-state index in [0.29, 0.717) is 21.4 Å². The first kappa shape index (κ1) is 22.2. The summed E-state index contributed by atoms with van der Waals surface area (Å²) in [6, 6.07) is 29.7. The van der Waals surface area contributed by atoms with Crippen molar-refractivity contribution in [1.82, 2.24) is 0 Å². The fourth-order valence-electron chi connectivity index (χ4n) is 4.33. The molecule has 6 rings (SSSR count). The Kier molecular flexibility index (Phi) is 5.58. The first-order chi connectivity index (χ1) is 17.6. The van der Waals surface area contributed by atoms with Crippen LogP contribution in [-0.4, -0.2) is 11.1 Å². The zero-order valence-corrected chi connectivity index (χ0v) is 19.7. The van der Waals surface area contributed by atoms with Crippen molar-refractivity contribution in [2.75, 3.05) is 4.90 Å². The average Bonchev–Trinajstić information content (AvgIpc) is 3.20. The molecule has 3 nitrogen and oxygen atoms in total. The number of carbonyl (C=O) groups is 1. The summed E-state index contributed by atoms with van der Waals surface area (Å²) in [5.41, 5.74) is 1.96. The lowest BCUT2D eigenvalue weighted by molar-refractivity contribution is -0.113. The minimum Gasteiger partial charge on any atom is -0.268 e. The van der Waals surface area contributed by atoms with Crippen molar-refractivity contribution in [2.45, 2.75) is 0 Å². The first-order valence-electron chi connectivity index (χ1n) is 11.3. The summed E-state index contributed by atoms with van der Waals surface area (Å²) in [7, 11) is 0. The molecule has 6 heteroatoms. The Hall–Kier alpha value is -4.29. The van der Waals surface area contributed by atoms with Gasteiger partial charge in [0.15, 0.2) is 5.17 Å². The third kappa shape index (κ3) is 4.06. The molecule has 0 atom stereocenters. The van der Waals surface area contributed by atoms with Crippen molar-refractivity contribution < 1.29 is 13.6 Å². The van der Waals surface area contributed by atoms with Gasteiger partial charge in [-0.05, 0) is 99.5 Å². The Labute approximate surface area is 210 Å². The van der Waals surface area contributed by atoms with Gasteiger partial charge < -0.3 is 0 Å². The Balaban J connectivity index is 1.53. The number of benzene rings is 5. The van der Waals surface area contributed by atoms with Crippen LogP contribution < -0.4 is 4.90 Å². The van der Waals surface area contributed by atoms with E-state index in [4.69, 9.17) is 0 Å². The minimum absolute atomic E-state index is 0.260. The zero-order valence-electron chi connectivity index (χ0n) is 18.9. The summed E-state index contributed by atoms with van der Waals surface area (Å²) >= 11 is 1.24. The van der Waals surface area contributed by atoms with Crippen molar-refractivity contribution in [2.24, 2.45) is 4.99 Å². The molecule has 174 valence electrons. The van der Waals surface area contributed by atoms with Crippen LogP contribution in [0.25, 0.3) is 27.6 Å². The number of aliphatic imine (C=N–C) groups is 1. The molecule has 36 heavy (non-hydrogen) atoms. The highest BCUT2D eigenvalue weighted by Crippen LogP contribution is 2.39. The maximum atomic E-state index is 13.7. The number of halogens is 2. The predicted octanol–water partition coefficient (Wildman–Crippen LogP) is 8.08. The summed E-state index contributed by atoms with van der Waals surface area (Å²) in [6.45, 7) is 0. The fraction of sp³-hybridized carbons (Fsp3) is 0. The molecular weight excluding hydrogens is 474 g/mol. The molecule has 0 spiro atoms. The first-order valence-corrected chi connectivity index (χ1v) is 12.1. The number of amides is 1. The van der Waals surface area contributed by atoms with Crippen LogP contribution in [-0.2, 0) is 4.79 Å². The smallest absolute Gasteiger partial charge is 0.268 e. The summed E-state index contributed by atoms with van der Waals surface area (Å²) in [4.78, 5) is 20.3. The van der Waals surface area contributed by atoms with Crippen LogP contribution in [0.1, 0.15) is 5.56 Å². The maximum absolute atomic E-state index is 13.7. The quantitative estimate of drug-likeness (QED) is 0.188. The molecule has 1 saturated heterocycles. The SMILES string of the molecule is O=C1/C(=C/c2c3ccccc3cc3ccccc23)SC(=Nc2ccc(F)cc2)N1c1ccc(F)cc1. The van der Waals surface area contributed by atoms with Gasteiger partial charge in [-0.3, -0.25) is 9.69 Å². The second-order valence-electron chi connectivity index (χ2n) is 8.33. The molecule has 0 aromatic heterocycles. The van der Waals surface area contributed by atoms with Crippen LogP contribution in [0.4, 0.5) is 20.2 Å². The Bertz CT molecular complexity index is 1640. The maximum Gasteiger partial charge on any atom is 0.271 e. The van der Waals surface area contributed by atoms with Crippen molar-refractivity contribution in [3.8, 4) is 0 Å². The van der Waals surface area contributed by atoms with E-state index in [9.17, 15) is 13.6 Å². The molecule has 0 bridgehead atoms. The monoisotopic (exact) mass is 492 g/mol. The molecular formula is C30H18F2N2OS. The summed E-state index contributed by atoms with van der Waals surface area (Å²) in [5, 5.41) is 4.64. The number of anilines is 1. The number of nitrogens with zero attached hydrogens (tertiary/aromatic N) is 2. The van der Waals surface area contributed by atoms with Crippen LogP contribution in [0, 0.1) is 11.6 Å². The fourth-order valence-corrected chi connectivity index (χ4v) is 5.31. The lowest BCUT2D eigenvalue weighted by Gasteiger charge is -2.15. The molecule has 1 amide bonds. The van der Waals surface area contributed by atoms with Gasteiger partial charge in [0.25, 0.3) is 5.91 Å². The number of rotatable bonds is 3. The molecule has 1 heterocycles. The van der Waals surface area contributed by atoms with E-state index in [1.54, 1.807) is 24.3 Å². The van der Waals surface area contributed by atoms with Crippen molar-refractivity contribution >= 4 is 61.8 Å². The van der Waals surface area contributed by atoms with E-state index in [1.165, 1.54) is 40.9 Å². The molecule has 1 fully saturated rings. The van der Waals surface area contributed by atoms with E-state index in [0.717, 1.165) is 27.1 Å². The van der Waals surface area contributed by atoms with Gasteiger partial charge in [0, 0.05) is 0 Å². The van der Waals surface area contributed by atoms with Crippen molar-refractivity contribution in [1.29, 1.82) is 0 Å². The lowest BCUT2D eigenvalue weighted by Crippen LogP contribution is -2.28. The van der Waals surface area contributed by atoms with E-state index in [1.807, 2.05) is 42.5 Å². The largest absolute Gasteiger partial charge is 0.271 e. The molecule has 0 N–H and O–H groups in total. The Morgan fingerprint density at radius 1 is 0.722 bits per heavy atom. The highest BCUT2D eigenvalue weighted by atomic mass is 32.2. The number of hydrogen-bond donors (Lipinski definition) is 0.